The van der Waals surface area contributed by atoms with Gasteiger partial charge in [-0.1, -0.05) is 6.92 Å². The number of pyridine rings is 1. The van der Waals surface area contributed by atoms with E-state index in [1.807, 2.05) is 18.5 Å². The molecule has 5 heteroatoms. The lowest BCUT2D eigenvalue weighted by atomic mass is 10.1. The van der Waals surface area contributed by atoms with Crippen molar-refractivity contribution in [3.05, 3.63) is 54.2 Å². The van der Waals surface area contributed by atoms with Crippen LogP contribution in [-0.2, 0) is 6.42 Å². The molecule has 3 rings (SSSR count). The molecule has 1 N–H and O–H groups in total. The molecular weight excluding hydrogens is 300 g/mol. The molecule has 24 heavy (non-hydrogen) atoms. The molecule has 2 aromatic rings. The van der Waals surface area contributed by atoms with Gasteiger partial charge in [-0.25, -0.2) is 0 Å². The number of hydrogen-bond donors (Lipinski definition) is 1. The summed E-state index contributed by atoms with van der Waals surface area (Å²) in [5.74, 6) is 1.07. The maximum absolute atomic E-state index is 5.78. The van der Waals surface area contributed by atoms with Crippen LogP contribution in [0.25, 0.3) is 0 Å². The topological polar surface area (TPSA) is 44.5 Å². The predicted octanol–water partition coefficient (Wildman–Crippen LogP) is 2.19. The van der Waals surface area contributed by atoms with Crippen molar-refractivity contribution in [3.8, 4) is 0 Å². The summed E-state index contributed by atoms with van der Waals surface area (Å²) in [6.07, 6.45) is 6.57. The lowest BCUT2D eigenvalue weighted by Crippen LogP contribution is -2.47. The van der Waals surface area contributed by atoms with E-state index in [1.54, 1.807) is 6.26 Å². The fraction of sp³-hybridized carbons (Fsp3) is 0.526. The molecule has 130 valence electrons. The standard InChI is InChI=1S/C19H28N4O/c1-2-23(12-7-17-5-8-20-9-6-17)18(19-4-3-15-24-19)16-22-13-10-21-11-14-22/h3-6,8-9,15,18,21H,2,7,10-14,16H2,1H3. The zero-order chi connectivity index (χ0) is 16.6. The molecule has 1 saturated heterocycles. The number of aromatic nitrogens is 1. The van der Waals surface area contributed by atoms with E-state index in [1.165, 1.54) is 5.56 Å². The van der Waals surface area contributed by atoms with E-state index in [9.17, 15) is 0 Å². The van der Waals surface area contributed by atoms with Crippen molar-refractivity contribution in [1.29, 1.82) is 0 Å². The molecule has 0 bridgehead atoms. The molecule has 0 spiro atoms. The first-order valence-corrected chi connectivity index (χ1v) is 8.96. The van der Waals surface area contributed by atoms with Crippen molar-refractivity contribution in [3.63, 3.8) is 0 Å². The Balaban J connectivity index is 1.67. The maximum atomic E-state index is 5.78. The van der Waals surface area contributed by atoms with E-state index >= 15 is 0 Å². The van der Waals surface area contributed by atoms with Crippen molar-refractivity contribution < 1.29 is 4.42 Å². The van der Waals surface area contributed by atoms with Gasteiger partial charge in [0.15, 0.2) is 0 Å². The second-order valence-corrected chi connectivity index (χ2v) is 6.32. The minimum atomic E-state index is 0.310. The van der Waals surface area contributed by atoms with Crippen LogP contribution in [0, 0.1) is 0 Å². The number of likely N-dealkylation sites (N-methyl/N-ethyl adjacent to an activating group) is 1. The first-order chi connectivity index (χ1) is 11.9. The average molecular weight is 328 g/mol. The highest BCUT2D eigenvalue weighted by Crippen LogP contribution is 2.23. The number of hydrogen-bond acceptors (Lipinski definition) is 5. The van der Waals surface area contributed by atoms with Gasteiger partial charge in [0.1, 0.15) is 5.76 Å². The van der Waals surface area contributed by atoms with Crippen molar-refractivity contribution in [2.45, 2.75) is 19.4 Å². The molecule has 0 saturated carbocycles. The summed E-state index contributed by atoms with van der Waals surface area (Å²) < 4.78 is 5.78. The largest absolute Gasteiger partial charge is 0.468 e. The third-order valence-electron chi connectivity index (χ3n) is 4.80. The summed E-state index contributed by atoms with van der Waals surface area (Å²) in [7, 11) is 0. The zero-order valence-corrected chi connectivity index (χ0v) is 14.5. The summed E-state index contributed by atoms with van der Waals surface area (Å²) in [5.41, 5.74) is 1.34. The molecule has 5 nitrogen and oxygen atoms in total. The van der Waals surface area contributed by atoms with Gasteiger partial charge in [-0.2, -0.15) is 0 Å². The molecule has 1 aliphatic rings. The van der Waals surface area contributed by atoms with Gasteiger partial charge < -0.3 is 9.73 Å². The summed E-state index contributed by atoms with van der Waals surface area (Å²) in [6.45, 7) is 9.68. The third-order valence-corrected chi connectivity index (χ3v) is 4.80. The summed E-state index contributed by atoms with van der Waals surface area (Å²) >= 11 is 0. The van der Waals surface area contributed by atoms with Gasteiger partial charge in [0.2, 0.25) is 0 Å². The van der Waals surface area contributed by atoms with Crippen LogP contribution in [0.5, 0.6) is 0 Å². The normalized spacial score (nSPS) is 17.2. The van der Waals surface area contributed by atoms with Gasteiger partial charge in [0, 0.05) is 51.7 Å². The van der Waals surface area contributed by atoms with Crippen molar-refractivity contribution in [2.75, 3.05) is 45.8 Å². The fourth-order valence-electron chi connectivity index (χ4n) is 3.36. The van der Waals surface area contributed by atoms with Crippen molar-refractivity contribution in [1.82, 2.24) is 20.1 Å². The summed E-state index contributed by atoms with van der Waals surface area (Å²) in [6, 6.07) is 8.63. The predicted molar refractivity (Wildman–Crippen MR) is 95.9 cm³/mol. The van der Waals surface area contributed by atoms with E-state index < -0.39 is 0 Å². The first kappa shape index (κ1) is 17.1. The minimum Gasteiger partial charge on any atom is -0.468 e. The van der Waals surface area contributed by atoms with Crippen molar-refractivity contribution in [2.24, 2.45) is 0 Å². The summed E-state index contributed by atoms with van der Waals surface area (Å²) in [5, 5.41) is 3.43. The van der Waals surface area contributed by atoms with Crippen LogP contribution >= 0.6 is 0 Å². The minimum absolute atomic E-state index is 0.310. The Kier molecular flexibility index (Phi) is 6.41. The Bertz CT molecular complexity index is 566. The van der Waals surface area contributed by atoms with Gasteiger partial charge in [0.25, 0.3) is 0 Å². The van der Waals surface area contributed by atoms with Crippen LogP contribution in [-0.4, -0.2) is 60.6 Å². The molecule has 1 unspecified atom stereocenters. The van der Waals surface area contributed by atoms with E-state index in [-0.39, 0.29) is 0 Å². The fourth-order valence-corrected chi connectivity index (χ4v) is 3.36. The number of piperazine rings is 1. The van der Waals surface area contributed by atoms with E-state index in [0.29, 0.717) is 6.04 Å². The van der Waals surface area contributed by atoms with Gasteiger partial charge in [-0.3, -0.25) is 14.8 Å². The monoisotopic (exact) mass is 328 g/mol. The smallest absolute Gasteiger partial charge is 0.122 e. The van der Waals surface area contributed by atoms with Gasteiger partial charge in [-0.15, -0.1) is 0 Å². The highest BCUT2D eigenvalue weighted by molar-refractivity contribution is 5.11. The maximum Gasteiger partial charge on any atom is 0.122 e. The van der Waals surface area contributed by atoms with Crippen LogP contribution in [0.15, 0.2) is 47.3 Å². The Morgan fingerprint density at radius 1 is 1.25 bits per heavy atom. The Hall–Kier alpha value is -1.69. The van der Waals surface area contributed by atoms with Crippen LogP contribution in [0.4, 0.5) is 0 Å². The lowest BCUT2D eigenvalue weighted by Gasteiger charge is -2.35. The van der Waals surface area contributed by atoms with Crippen LogP contribution in [0.3, 0.4) is 0 Å². The SMILES string of the molecule is CCN(CCc1ccncc1)C(CN1CCNCC1)c1ccco1. The van der Waals surface area contributed by atoms with E-state index in [2.05, 4.69) is 45.2 Å². The third kappa shape index (κ3) is 4.66. The van der Waals surface area contributed by atoms with E-state index in [0.717, 1.165) is 58.0 Å². The summed E-state index contributed by atoms with van der Waals surface area (Å²) in [4.78, 5) is 9.17. The Labute approximate surface area is 144 Å². The first-order valence-electron chi connectivity index (χ1n) is 8.96. The zero-order valence-electron chi connectivity index (χ0n) is 14.5. The molecule has 1 atom stereocenters. The highest BCUT2D eigenvalue weighted by atomic mass is 16.3. The molecule has 1 fully saturated rings. The van der Waals surface area contributed by atoms with E-state index in [4.69, 9.17) is 4.42 Å². The Morgan fingerprint density at radius 3 is 2.71 bits per heavy atom. The van der Waals surface area contributed by atoms with Crippen LogP contribution in [0.1, 0.15) is 24.3 Å². The average Bonchev–Trinajstić information content (AvgIpc) is 3.17. The quantitative estimate of drug-likeness (QED) is 0.805. The van der Waals surface area contributed by atoms with Gasteiger partial charge in [-0.05, 0) is 42.8 Å². The molecule has 0 aromatic carbocycles. The number of rotatable bonds is 8. The molecule has 1 aliphatic heterocycles. The molecule has 2 aromatic heterocycles. The van der Waals surface area contributed by atoms with Gasteiger partial charge >= 0.3 is 0 Å². The van der Waals surface area contributed by atoms with Crippen LogP contribution in [0.2, 0.25) is 0 Å². The number of nitrogens with one attached hydrogen (secondary N) is 1. The highest BCUT2D eigenvalue weighted by Gasteiger charge is 2.25. The van der Waals surface area contributed by atoms with Crippen LogP contribution < -0.4 is 5.32 Å². The molecule has 0 amide bonds. The van der Waals surface area contributed by atoms with Gasteiger partial charge in [0.05, 0.1) is 12.3 Å². The Morgan fingerprint density at radius 2 is 2.04 bits per heavy atom. The lowest BCUT2D eigenvalue weighted by molar-refractivity contribution is 0.120. The van der Waals surface area contributed by atoms with Crippen molar-refractivity contribution >= 4 is 0 Å². The second kappa shape index (κ2) is 8.97. The molecular formula is C19H28N4O. The number of nitrogens with zero attached hydrogens (tertiary/aromatic N) is 3. The molecule has 0 aliphatic carbocycles. The molecule has 3 heterocycles. The molecule has 0 radical (unpaired) electrons. The number of furan rings is 1. The second-order valence-electron chi connectivity index (χ2n) is 6.32.